The Hall–Kier alpha value is -1.61. The molecule has 2 N–H and O–H groups in total. The van der Waals surface area contributed by atoms with Gasteiger partial charge in [0.2, 0.25) is 0 Å². The van der Waals surface area contributed by atoms with E-state index in [1.807, 2.05) is 13.0 Å². The van der Waals surface area contributed by atoms with Crippen molar-refractivity contribution in [2.45, 2.75) is 26.7 Å². The van der Waals surface area contributed by atoms with Crippen molar-refractivity contribution in [2.75, 3.05) is 18.5 Å². The average Bonchev–Trinajstić information content (AvgIpc) is 2.38. The number of hydrogen-bond donors (Lipinski definition) is 2. The monoisotopic (exact) mass is 263 g/mol. The molecule has 0 saturated heterocycles. The van der Waals surface area contributed by atoms with Gasteiger partial charge in [-0.3, -0.25) is 0 Å². The highest BCUT2D eigenvalue weighted by molar-refractivity contribution is 5.43. The standard InChI is InChI=1S/C16H22FNO/c1-13(10-11-19)4-3-5-14(2)12-18-16-8-6-15(17)7-9-16/h5-10,18-19H,3-4,11-12H2,1-2H3/b13-10+,14-5+. The van der Waals surface area contributed by atoms with Crippen LogP contribution in [-0.2, 0) is 0 Å². The lowest BCUT2D eigenvalue weighted by molar-refractivity contribution is 0.341. The molecule has 0 saturated carbocycles. The van der Waals surface area contributed by atoms with Crippen molar-refractivity contribution in [2.24, 2.45) is 0 Å². The number of nitrogens with one attached hydrogen (secondary N) is 1. The zero-order chi connectivity index (χ0) is 14.1. The zero-order valence-electron chi connectivity index (χ0n) is 11.6. The lowest BCUT2D eigenvalue weighted by Gasteiger charge is -2.07. The van der Waals surface area contributed by atoms with Crippen LogP contribution in [0.1, 0.15) is 26.7 Å². The third-order valence-corrected chi connectivity index (χ3v) is 2.89. The van der Waals surface area contributed by atoms with Crippen LogP contribution in [-0.4, -0.2) is 18.3 Å². The van der Waals surface area contributed by atoms with Crippen molar-refractivity contribution >= 4 is 5.69 Å². The predicted octanol–water partition coefficient (Wildman–Crippen LogP) is 3.90. The number of anilines is 1. The van der Waals surface area contributed by atoms with E-state index in [1.165, 1.54) is 23.3 Å². The molecule has 0 aliphatic heterocycles. The Morgan fingerprint density at radius 2 is 1.84 bits per heavy atom. The molecule has 0 spiro atoms. The summed E-state index contributed by atoms with van der Waals surface area (Å²) in [5.41, 5.74) is 3.38. The molecule has 1 aromatic carbocycles. The number of allylic oxidation sites excluding steroid dienone is 2. The predicted molar refractivity (Wildman–Crippen MR) is 78.7 cm³/mol. The van der Waals surface area contributed by atoms with Gasteiger partial charge in [0.15, 0.2) is 0 Å². The molecule has 0 aliphatic rings. The van der Waals surface area contributed by atoms with Crippen molar-refractivity contribution in [3.05, 3.63) is 53.4 Å². The molecule has 0 bridgehead atoms. The van der Waals surface area contributed by atoms with Gasteiger partial charge in [-0.05, 0) is 51.0 Å². The van der Waals surface area contributed by atoms with E-state index in [9.17, 15) is 4.39 Å². The Morgan fingerprint density at radius 3 is 2.47 bits per heavy atom. The van der Waals surface area contributed by atoms with Gasteiger partial charge in [0, 0.05) is 12.2 Å². The third kappa shape index (κ3) is 6.77. The molecule has 0 atom stereocenters. The number of halogens is 1. The molecular weight excluding hydrogens is 241 g/mol. The summed E-state index contributed by atoms with van der Waals surface area (Å²) in [6.45, 7) is 4.97. The molecule has 19 heavy (non-hydrogen) atoms. The number of aliphatic hydroxyl groups excluding tert-OH is 1. The smallest absolute Gasteiger partial charge is 0.123 e. The SMILES string of the molecule is C/C(=C\CO)CC/C=C(\C)CNc1ccc(F)cc1. The van der Waals surface area contributed by atoms with Crippen LogP contribution in [0.2, 0.25) is 0 Å². The summed E-state index contributed by atoms with van der Waals surface area (Å²) in [7, 11) is 0. The van der Waals surface area contributed by atoms with Gasteiger partial charge in [-0.1, -0.05) is 23.3 Å². The summed E-state index contributed by atoms with van der Waals surface area (Å²) >= 11 is 0. The van der Waals surface area contributed by atoms with Gasteiger partial charge in [0.25, 0.3) is 0 Å². The summed E-state index contributed by atoms with van der Waals surface area (Å²) in [5.74, 6) is -0.219. The second-order valence-corrected chi connectivity index (χ2v) is 4.68. The van der Waals surface area contributed by atoms with Gasteiger partial charge < -0.3 is 10.4 Å². The van der Waals surface area contributed by atoms with E-state index in [2.05, 4.69) is 18.3 Å². The second-order valence-electron chi connectivity index (χ2n) is 4.68. The minimum atomic E-state index is -0.219. The zero-order valence-corrected chi connectivity index (χ0v) is 11.6. The molecule has 0 fully saturated rings. The molecule has 3 heteroatoms. The lowest BCUT2D eigenvalue weighted by atomic mass is 10.1. The highest BCUT2D eigenvalue weighted by Crippen LogP contribution is 2.10. The van der Waals surface area contributed by atoms with Gasteiger partial charge in [-0.25, -0.2) is 4.39 Å². The summed E-state index contributed by atoms with van der Waals surface area (Å²) in [6, 6.07) is 6.36. The van der Waals surface area contributed by atoms with Crippen molar-refractivity contribution < 1.29 is 9.50 Å². The fourth-order valence-corrected chi connectivity index (χ4v) is 1.69. The van der Waals surface area contributed by atoms with Crippen LogP contribution in [0.5, 0.6) is 0 Å². The first-order valence-electron chi connectivity index (χ1n) is 6.53. The molecule has 1 aromatic rings. The van der Waals surface area contributed by atoms with Gasteiger partial charge >= 0.3 is 0 Å². The van der Waals surface area contributed by atoms with Crippen LogP contribution in [0.15, 0.2) is 47.6 Å². The van der Waals surface area contributed by atoms with E-state index in [4.69, 9.17) is 5.11 Å². The van der Waals surface area contributed by atoms with Crippen LogP contribution in [0, 0.1) is 5.82 Å². The molecule has 104 valence electrons. The van der Waals surface area contributed by atoms with Crippen LogP contribution in [0.25, 0.3) is 0 Å². The first-order chi connectivity index (χ1) is 9.11. The van der Waals surface area contributed by atoms with Gasteiger partial charge in [0.05, 0.1) is 6.61 Å². The molecule has 0 unspecified atom stereocenters. The normalized spacial score (nSPS) is 12.6. The maximum Gasteiger partial charge on any atom is 0.123 e. The first kappa shape index (κ1) is 15.4. The highest BCUT2D eigenvalue weighted by Gasteiger charge is 1.94. The summed E-state index contributed by atoms with van der Waals surface area (Å²) < 4.78 is 12.7. The Labute approximate surface area is 114 Å². The number of benzene rings is 1. The van der Waals surface area contributed by atoms with Crippen molar-refractivity contribution in [1.29, 1.82) is 0 Å². The van der Waals surface area contributed by atoms with Crippen molar-refractivity contribution in [1.82, 2.24) is 0 Å². The molecule has 1 rings (SSSR count). The molecule has 2 nitrogen and oxygen atoms in total. The van der Waals surface area contributed by atoms with Crippen LogP contribution < -0.4 is 5.32 Å². The van der Waals surface area contributed by atoms with E-state index in [0.717, 1.165) is 25.1 Å². The Morgan fingerprint density at radius 1 is 1.16 bits per heavy atom. The Kier molecular flexibility index (Phi) is 6.90. The van der Waals surface area contributed by atoms with Gasteiger partial charge in [0.1, 0.15) is 5.82 Å². The topological polar surface area (TPSA) is 32.3 Å². The minimum absolute atomic E-state index is 0.112. The van der Waals surface area contributed by atoms with Gasteiger partial charge in [-0.2, -0.15) is 0 Å². The third-order valence-electron chi connectivity index (χ3n) is 2.89. The molecule has 0 radical (unpaired) electrons. The molecule has 0 heterocycles. The molecule has 0 amide bonds. The summed E-state index contributed by atoms with van der Waals surface area (Å²) in [4.78, 5) is 0. The van der Waals surface area contributed by atoms with E-state index >= 15 is 0 Å². The fraction of sp³-hybridized carbons (Fsp3) is 0.375. The molecule has 0 aliphatic carbocycles. The molecule has 0 aromatic heterocycles. The molecular formula is C16H22FNO. The summed E-state index contributed by atoms with van der Waals surface area (Å²) in [5, 5.41) is 12.0. The second kappa shape index (κ2) is 8.48. The van der Waals surface area contributed by atoms with E-state index < -0.39 is 0 Å². The lowest BCUT2D eigenvalue weighted by Crippen LogP contribution is -2.02. The number of aliphatic hydroxyl groups is 1. The first-order valence-corrected chi connectivity index (χ1v) is 6.53. The summed E-state index contributed by atoms with van der Waals surface area (Å²) in [6.07, 6.45) is 5.96. The largest absolute Gasteiger partial charge is 0.392 e. The van der Waals surface area contributed by atoms with Crippen LogP contribution >= 0.6 is 0 Å². The Bertz CT molecular complexity index is 435. The van der Waals surface area contributed by atoms with Crippen molar-refractivity contribution in [3.8, 4) is 0 Å². The van der Waals surface area contributed by atoms with E-state index in [0.29, 0.717) is 0 Å². The average molecular weight is 263 g/mol. The van der Waals surface area contributed by atoms with Crippen LogP contribution in [0.3, 0.4) is 0 Å². The maximum atomic E-state index is 12.7. The van der Waals surface area contributed by atoms with E-state index in [1.54, 1.807) is 12.1 Å². The minimum Gasteiger partial charge on any atom is -0.392 e. The quantitative estimate of drug-likeness (QED) is 0.731. The highest BCUT2D eigenvalue weighted by atomic mass is 19.1. The Balaban J connectivity index is 2.32. The fourth-order valence-electron chi connectivity index (χ4n) is 1.69. The van der Waals surface area contributed by atoms with Crippen LogP contribution in [0.4, 0.5) is 10.1 Å². The number of hydrogen-bond acceptors (Lipinski definition) is 2. The maximum absolute atomic E-state index is 12.7. The van der Waals surface area contributed by atoms with Gasteiger partial charge in [-0.15, -0.1) is 0 Å². The van der Waals surface area contributed by atoms with E-state index in [-0.39, 0.29) is 12.4 Å². The number of rotatable bonds is 7. The van der Waals surface area contributed by atoms with Crippen molar-refractivity contribution in [3.63, 3.8) is 0 Å².